The summed E-state index contributed by atoms with van der Waals surface area (Å²) in [6.45, 7) is 5.65. The van der Waals surface area contributed by atoms with E-state index in [9.17, 15) is 9.59 Å². The quantitative estimate of drug-likeness (QED) is 0.817. The summed E-state index contributed by atoms with van der Waals surface area (Å²) >= 11 is 0. The molecule has 2 aromatic carbocycles. The fourth-order valence-electron chi connectivity index (χ4n) is 2.20. The van der Waals surface area contributed by atoms with E-state index in [1.54, 1.807) is 36.4 Å². The molecule has 0 heterocycles. The third kappa shape index (κ3) is 4.97. The molecule has 6 heteroatoms. The fraction of sp³-hybridized carbons (Fsp3) is 0.263. The third-order valence-corrected chi connectivity index (χ3v) is 3.31. The summed E-state index contributed by atoms with van der Waals surface area (Å²) in [5.74, 6) is -0.589. The number of carbonyl (C=O) groups is 2. The molecule has 2 rings (SSSR count). The molecule has 0 bridgehead atoms. The lowest BCUT2D eigenvalue weighted by Crippen LogP contribution is -2.29. The summed E-state index contributed by atoms with van der Waals surface area (Å²) in [5.41, 5.74) is 1.81. The molecule has 0 spiro atoms. The van der Waals surface area contributed by atoms with Crippen molar-refractivity contribution in [2.75, 3.05) is 17.7 Å². The van der Waals surface area contributed by atoms with Gasteiger partial charge in [-0.1, -0.05) is 18.2 Å². The molecule has 0 aliphatic rings. The molecule has 0 aliphatic heterocycles. The zero-order chi connectivity index (χ0) is 18.4. The molecule has 0 aromatic heterocycles. The van der Waals surface area contributed by atoms with Crippen molar-refractivity contribution >= 4 is 23.2 Å². The Morgan fingerprint density at radius 2 is 1.56 bits per heavy atom. The number of rotatable bonds is 5. The Balaban J connectivity index is 2.12. The first-order chi connectivity index (χ1) is 11.9. The maximum Gasteiger partial charge on any atom is 0.314 e. The van der Waals surface area contributed by atoms with Crippen LogP contribution in [0.2, 0.25) is 0 Å². The standard InChI is InChI=1S/C19H22N2O4/c1-12(2)25-17-8-6-5-7-14(17)20-18(22)19(23)21-15-11-13(3)9-10-16(15)24-4/h5-12H,1-4H3,(H,20,22)(H,21,23). The lowest BCUT2D eigenvalue weighted by atomic mass is 10.2. The number of carbonyl (C=O) groups excluding carboxylic acids is 2. The first-order valence-corrected chi connectivity index (χ1v) is 7.93. The number of methoxy groups -OCH3 is 1. The Morgan fingerprint density at radius 1 is 0.920 bits per heavy atom. The van der Waals surface area contributed by atoms with Gasteiger partial charge in [0.2, 0.25) is 0 Å². The summed E-state index contributed by atoms with van der Waals surface area (Å²) < 4.78 is 10.8. The zero-order valence-electron chi connectivity index (χ0n) is 14.8. The molecule has 2 amide bonds. The number of nitrogens with one attached hydrogen (secondary N) is 2. The van der Waals surface area contributed by atoms with Gasteiger partial charge < -0.3 is 20.1 Å². The minimum absolute atomic E-state index is 0.0524. The van der Waals surface area contributed by atoms with Gasteiger partial charge in [-0.3, -0.25) is 9.59 Å². The van der Waals surface area contributed by atoms with Crippen LogP contribution in [-0.2, 0) is 9.59 Å². The maximum absolute atomic E-state index is 12.2. The van der Waals surface area contributed by atoms with E-state index in [-0.39, 0.29) is 6.10 Å². The number of para-hydroxylation sites is 2. The van der Waals surface area contributed by atoms with Crippen LogP contribution in [0.5, 0.6) is 11.5 Å². The van der Waals surface area contributed by atoms with Crippen LogP contribution in [0.4, 0.5) is 11.4 Å². The van der Waals surface area contributed by atoms with Gasteiger partial charge >= 0.3 is 11.8 Å². The molecule has 2 N–H and O–H groups in total. The van der Waals surface area contributed by atoms with Crippen molar-refractivity contribution in [3.8, 4) is 11.5 Å². The van der Waals surface area contributed by atoms with Crippen LogP contribution < -0.4 is 20.1 Å². The summed E-state index contributed by atoms with van der Waals surface area (Å²) in [6, 6.07) is 12.3. The molecule has 0 atom stereocenters. The van der Waals surface area contributed by atoms with E-state index >= 15 is 0 Å². The van der Waals surface area contributed by atoms with Crippen molar-refractivity contribution < 1.29 is 19.1 Å². The second kappa shape index (κ2) is 8.19. The largest absolute Gasteiger partial charge is 0.495 e. The van der Waals surface area contributed by atoms with Crippen molar-refractivity contribution in [1.29, 1.82) is 0 Å². The number of amides is 2. The van der Waals surface area contributed by atoms with Gasteiger partial charge in [0.15, 0.2) is 0 Å². The zero-order valence-corrected chi connectivity index (χ0v) is 14.8. The van der Waals surface area contributed by atoms with Gasteiger partial charge in [-0.15, -0.1) is 0 Å². The van der Waals surface area contributed by atoms with E-state index in [4.69, 9.17) is 9.47 Å². The second-order valence-electron chi connectivity index (χ2n) is 5.77. The number of anilines is 2. The maximum atomic E-state index is 12.2. The molecule has 132 valence electrons. The van der Waals surface area contributed by atoms with E-state index < -0.39 is 11.8 Å². The third-order valence-electron chi connectivity index (χ3n) is 3.31. The Bertz CT molecular complexity index is 772. The SMILES string of the molecule is COc1ccc(C)cc1NC(=O)C(=O)Nc1ccccc1OC(C)C. The minimum atomic E-state index is -0.789. The lowest BCUT2D eigenvalue weighted by molar-refractivity contribution is -0.133. The summed E-state index contributed by atoms with van der Waals surface area (Å²) in [4.78, 5) is 24.4. The van der Waals surface area contributed by atoms with Crippen molar-refractivity contribution in [1.82, 2.24) is 0 Å². The average Bonchev–Trinajstić information content (AvgIpc) is 2.56. The van der Waals surface area contributed by atoms with Crippen LogP contribution in [0.3, 0.4) is 0 Å². The molecular formula is C19H22N2O4. The smallest absolute Gasteiger partial charge is 0.314 e. The van der Waals surface area contributed by atoms with Crippen LogP contribution in [0.25, 0.3) is 0 Å². The second-order valence-corrected chi connectivity index (χ2v) is 5.77. The number of ether oxygens (including phenoxy) is 2. The summed E-state index contributed by atoms with van der Waals surface area (Å²) in [5, 5.41) is 5.14. The van der Waals surface area contributed by atoms with Crippen molar-refractivity contribution in [3.63, 3.8) is 0 Å². The minimum Gasteiger partial charge on any atom is -0.495 e. The van der Waals surface area contributed by atoms with E-state index in [1.165, 1.54) is 7.11 Å². The summed E-state index contributed by atoms with van der Waals surface area (Å²) in [7, 11) is 1.50. The fourth-order valence-corrected chi connectivity index (χ4v) is 2.20. The van der Waals surface area contributed by atoms with E-state index in [0.717, 1.165) is 5.56 Å². The number of hydrogen-bond donors (Lipinski definition) is 2. The van der Waals surface area contributed by atoms with Crippen LogP contribution in [-0.4, -0.2) is 25.0 Å². The monoisotopic (exact) mass is 342 g/mol. The molecule has 0 unspecified atom stereocenters. The summed E-state index contributed by atoms with van der Waals surface area (Å²) in [6.07, 6.45) is -0.0524. The van der Waals surface area contributed by atoms with Crippen molar-refractivity contribution in [3.05, 3.63) is 48.0 Å². The number of benzene rings is 2. The van der Waals surface area contributed by atoms with Crippen LogP contribution >= 0.6 is 0 Å². The molecule has 0 saturated heterocycles. The first kappa shape index (κ1) is 18.3. The molecule has 6 nitrogen and oxygen atoms in total. The van der Waals surface area contributed by atoms with Crippen LogP contribution in [0.15, 0.2) is 42.5 Å². The molecule has 0 saturated carbocycles. The predicted molar refractivity (Wildman–Crippen MR) is 97.2 cm³/mol. The van der Waals surface area contributed by atoms with Gasteiger partial charge in [0.25, 0.3) is 0 Å². The van der Waals surface area contributed by atoms with Crippen molar-refractivity contribution in [2.45, 2.75) is 26.9 Å². The Morgan fingerprint density at radius 3 is 2.20 bits per heavy atom. The molecule has 0 aliphatic carbocycles. The highest BCUT2D eigenvalue weighted by molar-refractivity contribution is 6.44. The van der Waals surface area contributed by atoms with Gasteiger partial charge in [-0.25, -0.2) is 0 Å². The number of aryl methyl sites for hydroxylation is 1. The average molecular weight is 342 g/mol. The highest BCUT2D eigenvalue weighted by Crippen LogP contribution is 2.26. The molecule has 0 fully saturated rings. The van der Waals surface area contributed by atoms with Gasteiger partial charge in [0, 0.05) is 0 Å². The first-order valence-electron chi connectivity index (χ1n) is 7.93. The van der Waals surface area contributed by atoms with Crippen molar-refractivity contribution in [2.24, 2.45) is 0 Å². The normalized spacial score (nSPS) is 10.3. The van der Waals surface area contributed by atoms with Crippen LogP contribution in [0.1, 0.15) is 19.4 Å². The van der Waals surface area contributed by atoms with Gasteiger partial charge in [0.05, 0.1) is 24.6 Å². The molecule has 2 aromatic rings. The molecular weight excluding hydrogens is 320 g/mol. The number of hydrogen-bond acceptors (Lipinski definition) is 4. The van der Waals surface area contributed by atoms with E-state index in [0.29, 0.717) is 22.9 Å². The van der Waals surface area contributed by atoms with Gasteiger partial charge in [0.1, 0.15) is 11.5 Å². The van der Waals surface area contributed by atoms with E-state index in [2.05, 4.69) is 10.6 Å². The van der Waals surface area contributed by atoms with Gasteiger partial charge in [-0.2, -0.15) is 0 Å². The Hall–Kier alpha value is -3.02. The lowest BCUT2D eigenvalue weighted by Gasteiger charge is -2.15. The van der Waals surface area contributed by atoms with Gasteiger partial charge in [-0.05, 0) is 50.6 Å². The Kier molecular flexibility index (Phi) is 6.00. The van der Waals surface area contributed by atoms with E-state index in [1.807, 2.05) is 26.8 Å². The highest BCUT2D eigenvalue weighted by Gasteiger charge is 2.18. The molecule has 25 heavy (non-hydrogen) atoms. The predicted octanol–water partition coefficient (Wildman–Crippen LogP) is 3.37. The Labute approximate surface area is 147 Å². The van der Waals surface area contributed by atoms with Crippen LogP contribution in [0, 0.1) is 6.92 Å². The molecule has 0 radical (unpaired) electrons. The highest BCUT2D eigenvalue weighted by atomic mass is 16.5. The topological polar surface area (TPSA) is 76.7 Å².